The Bertz CT molecular complexity index is 213. The zero-order valence-electron chi connectivity index (χ0n) is 9.80. The van der Waals surface area contributed by atoms with Crippen molar-refractivity contribution in [1.29, 1.82) is 0 Å². The Morgan fingerprint density at radius 3 is 2.40 bits per heavy atom. The van der Waals surface area contributed by atoms with Gasteiger partial charge in [-0.3, -0.25) is 4.79 Å². The Morgan fingerprint density at radius 1 is 1.07 bits per heavy atom. The molecule has 86 valence electrons. The molecule has 2 rings (SSSR count). The summed E-state index contributed by atoms with van der Waals surface area (Å²) in [7, 11) is 0. The molecular formula is C13H23NO. The second kappa shape index (κ2) is 5.11. The highest BCUT2D eigenvalue weighted by atomic mass is 16.1. The van der Waals surface area contributed by atoms with Crippen LogP contribution in [0.3, 0.4) is 0 Å². The molecule has 1 saturated carbocycles. The van der Waals surface area contributed by atoms with Crippen LogP contribution in [0.5, 0.6) is 0 Å². The minimum Gasteiger partial charge on any atom is -0.307 e. The summed E-state index contributed by atoms with van der Waals surface area (Å²) in [6.07, 6.45) is 8.32. The number of nitrogens with one attached hydrogen (secondary N) is 1. The summed E-state index contributed by atoms with van der Waals surface area (Å²) in [5.74, 6) is 1.73. The summed E-state index contributed by atoms with van der Waals surface area (Å²) in [5.41, 5.74) is 0. The van der Waals surface area contributed by atoms with Gasteiger partial charge in [-0.05, 0) is 38.1 Å². The van der Waals surface area contributed by atoms with Gasteiger partial charge in [0.25, 0.3) is 0 Å². The molecule has 15 heavy (non-hydrogen) atoms. The SMILES string of the molecule is CC1CCC(C(=O)C2CCCCN2)CC1. The van der Waals surface area contributed by atoms with Gasteiger partial charge in [-0.2, -0.15) is 0 Å². The topological polar surface area (TPSA) is 29.1 Å². The number of piperidine rings is 1. The van der Waals surface area contributed by atoms with Gasteiger partial charge in [0.05, 0.1) is 6.04 Å². The van der Waals surface area contributed by atoms with Gasteiger partial charge in [0.1, 0.15) is 0 Å². The summed E-state index contributed by atoms with van der Waals surface area (Å²) in [5, 5.41) is 3.38. The normalized spacial score (nSPS) is 37.5. The van der Waals surface area contributed by atoms with Crippen LogP contribution in [0.1, 0.15) is 51.9 Å². The summed E-state index contributed by atoms with van der Waals surface area (Å²) in [4.78, 5) is 12.2. The molecule has 1 aliphatic heterocycles. The van der Waals surface area contributed by atoms with Crippen LogP contribution in [0.2, 0.25) is 0 Å². The van der Waals surface area contributed by atoms with Gasteiger partial charge in [-0.1, -0.05) is 26.2 Å². The fourth-order valence-corrected chi connectivity index (χ4v) is 2.92. The van der Waals surface area contributed by atoms with Crippen molar-refractivity contribution in [2.75, 3.05) is 6.54 Å². The first-order valence-corrected chi connectivity index (χ1v) is 6.54. The smallest absolute Gasteiger partial charge is 0.152 e. The highest BCUT2D eigenvalue weighted by Gasteiger charge is 2.30. The van der Waals surface area contributed by atoms with Crippen molar-refractivity contribution >= 4 is 5.78 Å². The highest BCUT2D eigenvalue weighted by molar-refractivity contribution is 5.86. The van der Waals surface area contributed by atoms with Gasteiger partial charge in [0.2, 0.25) is 0 Å². The van der Waals surface area contributed by atoms with Crippen molar-refractivity contribution in [3.8, 4) is 0 Å². The van der Waals surface area contributed by atoms with Crippen molar-refractivity contribution in [2.24, 2.45) is 11.8 Å². The predicted octanol–water partition coefficient (Wildman–Crippen LogP) is 2.52. The number of Topliss-reactive ketones (excluding diaryl/α,β-unsaturated/α-hetero) is 1. The molecule has 0 spiro atoms. The van der Waals surface area contributed by atoms with Crippen LogP contribution in [0, 0.1) is 11.8 Å². The lowest BCUT2D eigenvalue weighted by molar-refractivity contribution is -0.126. The molecule has 1 aliphatic carbocycles. The molecule has 1 heterocycles. The molecule has 0 aromatic heterocycles. The highest BCUT2D eigenvalue weighted by Crippen LogP contribution is 2.30. The van der Waals surface area contributed by atoms with Crippen LogP contribution in [-0.2, 0) is 4.79 Å². The maximum Gasteiger partial charge on any atom is 0.152 e. The van der Waals surface area contributed by atoms with Gasteiger partial charge in [0.15, 0.2) is 5.78 Å². The summed E-state index contributed by atoms with van der Waals surface area (Å²) in [6.45, 7) is 3.35. The molecule has 1 atom stereocenters. The molecule has 2 fully saturated rings. The molecule has 0 aromatic carbocycles. The average molecular weight is 209 g/mol. The number of rotatable bonds is 2. The lowest BCUT2D eigenvalue weighted by Crippen LogP contribution is -2.44. The summed E-state index contributed by atoms with van der Waals surface area (Å²) < 4.78 is 0. The van der Waals surface area contributed by atoms with Crippen LogP contribution in [-0.4, -0.2) is 18.4 Å². The largest absolute Gasteiger partial charge is 0.307 e. The molecular weight excluding hydrogens is 186 g/mol. The van der Waals surface area contributed by atoms with Crippen LogP contribution in [0.15, 0.2) is 0 Å². The van der Waals surface area contributed by atoms with Crippen molar-refractivity contribution in [3.05, 3.63) is 0 Å². The second-order valence-corrected chi connectivity index (χ2v) is 5.36. The van der Waals surface area contributed by atoms with E-state index >= 15 is 0 Å². The molecule has 0 radical (unpaired) electrons. The zero-order chi connectivity index (χ0) is 10.7. The minimum absolute atomic E-state index is 0.192. The van der Waals surface area contributed by atoms with Gasteiger partial charge in [-0.15, -0.1) is 0 Å². The second-order valence-electron chi connectivity index (χ2n) is 5.36. The molecule has 1 N–H and O–H groups in total. The van der Waals surface area contributed by atoms with E-state index in [-0.39, 0.29) is 6.04 Å². The Labute approximate surface area is 92.8 Å². The first-order valence-electron chi connectivity index (χ1n) is 6.54. The van der Waals surface area contributed by atoms with Crippen LogP contribution >= 0.6 is 0 Å². The first-order chi connectivity index (χ1) is 7.27. The minimum atomic E-state index is 0.192. The summed E-state index contributed by atoms with van der Waals surface area (Å²) in [6, 6.07) is 0.192. The quantitative estimate of drug-likeness (QED) is 0.757. The standard InChI is InChI=1S/C13H23NO/c1-10-5-7-11(8-6-10)13(15)12-4-2-3-9-14-12/h10-12,14H,2-9H2,1H3. The van der Waals surface area contributed by atoms with Crippen molar-refractivity contribution in [2.45, 2.75) is 57.9 Å². The zero-order valence-corrected chi connectivity index (χ0v) is 9.80. The average Bonchev–Trinajstić information content (AvgIpc) is 2.30. The number of carbonyl (C=O) groups excluding carboxylic acids is 1. The van der Waals surface area contributed by atoms with E-state index in [1.54, 1.807) is 0 Å². The van der Waals surface area contributed by atoms with E-state index in [1.807, 2.05) is 0 Å². The predicted molar refractivity (Wildman–Crippen MR) is 61.8 cm³/mol. The monoisotopic (exact) mass is 209 g/mol. The maximum absolute atomic E-state index is 12.2. The lowest BCUT2D eigenvalue weighted by Gasteiger charge is -2.30. The van der Waals surface area contributed by atoms with Gasteiger partial charge < -0.3 is 5.32 Å². The van der Waals surface area contributed by atoms with Crippen molar-refractivity contribution in [3.63, 3.8) is 0 Å². The molecule has 2 aliphatic rings. The molecule has 1 saturated heterocycles. The molecule has 0 amide bonds. The van der Waals surface area contributed by atoms with Crippen LogP contribution in [0.25, 0.3) is 0 Å². The fourth-order valence-electron chi connectivity index (χ4n) is 2.92. The number of carbonyl (C=O) groups is 1. The summed E-state index contributed by atoms with van der Waals surface area (Å²) >= 11 is 0. The van der Waals surface area contributed by atoms with E-state index in [9.17, 15) is 4.79 Å². The molecule has 2 nitrogen and oxygen atoms in total. The van der Waals surface area contributed by atoms with Crippen molar-refractivity contribution in [1.82, 2.24) is 5.32 Å². The molecule has 0 aromatic rings. The van der Waals surface area contributed by atoms with E-state index in [1.165, 1.54) is 25.7 Å². The lowest BCUT2D eigenvalue weighted by atomic mass is 9.78. The maximum atomic E-state index is 12.2. The molecule has 2 heteroatoms. The Balaban J connectivity index is 1.84. The third kappa shape index (κ3) is 2.81. The van der Waals surface area contributed by atoms with Gasteiger partial charge >= 0.3 is 0 Å². The van der Waals surface area contributed by atoms with Crippen LogP contribution in [0.4, 0.5) is 0 Å². The van der Waals surface area contributed by atoms with Gasteiger partial charge in [-0.25, -0.2) is 0 Å². The fraction of sp³-hybridized carbons (Fsp3) is 0.923. The van der Waals surface area contributed by atoms with Crippen molar-refractivity contribution < 1.29 is 4.79 Å². The Morgan fingerprint density at radius 2 is 1.80 bits per heavy atom. The van der Waals surface area contributed by atoms with E-state index in [4.69, 9.17) is 0 Å². The van der Waals surface area contributed by atoms with E-state index < -0.39 is 0 Å². The third-order valence-electron chi connectivity index (χ3n) is 4.07. The van der Waals surface area contributed by atoms with E-state index in [2.05, 4.69) is 12.2 Å². The van der Waals surface area contributed by atoms with E-state index in [0.717, 1.165) is 31.7 Å². The van der Waals surface area contributed by atoms with Gasteiger partial charge in [0, 0.05) is 5.92 Å². The number of ketones is 1. The Hall–Kier alpha value is -0.370. The van der Waals surface area contributed by atoms with Crippen LogP contribution < -0.4 is 5.32 Å². The third-order valence-corrected chi connectivity index (χ3v) is 4.07. The molecule has 1 unspecified atom stereocenters. The first kappa shape index (κ1) is 11.1. The Kier molecular flexibility index (Phi) is 3.79. The van der Waals surface area contributed by atoms with E-state index in [0.29, 0.717) is 11.7 Å². The molecule has 0 bridgehead atoms. The number of hydrogen-bond acceptors (Lipinski definition) is 2. The number of hydrogen-bond donors (Lipinski definition) is 1.